The Kier molecular flexibility index (Phi) is 6.46. The fourth-order valence-corrected chi connectivity index (χ4v) is 4.19. The Hall–Kier alpha value is -1.87. The lowest BCUT2D eigenvalue weighted by Crippen LogP contribution is -2.68. The standard InChI is InChI=1S/C16H15ClN4O3S.ClH/c17-13(22)12-10(8-25-16-11(18)15(24)21(12)16)2-1-5-20-6-3-9(4-7-20)14(19)23;/h1-4,6-7,11,16H,5,8,18H2,(H-,19,23);1H/p+1/b2-1+;/t11-,16-;/m1./s1. The number of halogens is 2. The van der Waals surface area contributed by atoms with Gasteiger partial charge in [0.2, 0.25) is 11.8 Å². The molecule has 0 aromatic carbocycles. The number of carbonyl (C=O) groups is 3. The zero-order valence-corrected chi connectivity index (χ0v) is 15.9. The van der Waals surface area contributed by atoms with E-state index in [0.29, 0.717) is 23.4 Å². The molecule has 0 unspecified atom stereocenters. The maximum atomic E-state index is 11.9. The summed E-state index contributed by atoms with van der Waals surface area (Å²) in [5.41, 5.74) is 12.3. The molecule has 3 heterocycles. The van der Waals surface area contributed by atoms with Gasteiger partial charge >= 0.3 is 0 Å². The number of fused-ring (bicyclic) bond motifs is 1. The second kappa shape index (κ2) is 8.22. The summed E-state index contributed by atoms with van der Waals surface area (Å²) in [5, 5.41) is -0.887. The summed E-state index contributed by atoms with van der Waals surface area (Å²) in [7, 11) is 0. The van der Waals surface area contributed by atoms with Crippen molar-refractivity contribution in [1.82, 2.24) is 4.90 Å². The summed E-state index contributed by atoms with van der Waals surface area (Å²) < 4.78 is 1.84. The van der Waals surface area contributed by atoms with Crippen LogP contribution < -0.4 is 16.0 Å². The van der Waals surface area contributed by atoms with E-state index < -0.39 is 17.2 Å². The van der Waals surface area contributed by atoms with Crippen LogP contribution in [0.5, 0.6) is 0 Å². The van der Waals surface area contributed by atoms with Crippen LogP contribution >= 0.6 is 35.8 Å². The zero-order chi connectivity index (χ0) is 18.1. The Balaban J connectivity index is 0.00000243. The highest BCUT2D eigenvalue weighted by Gasteiger charge is 2.51. The Morgan fingerprint density at radius 2 is 2.04 bits per heavy atom. The summed E-state index contributed by atoms with van der Waals surface area (Å²) in [6.45, 7) is 0.522. The van der Waals surface area contributed by atoms with Gasteiger partial charge in [-0.15, -0.1) is 24.2 Å². The van der Waals surface area contributed by atoms with E-state index >= 15 is 0 Å². The van der Waals surface area contributed by atoms with Gasteiger partial charge in [0.05, 0.1) is 5.56 Å². The van der Waals surface area contributed by atoms with Crippen molar-refractivity contribution >= 4 is 52.8 Å². The van der Waals surface area contributed by atoms with Crippen LogP contribution in [-0.4, -0.2) is 39.1 Å². The average Bonchev–Trinajstić information content (AvgIpc) is 2.60. The Bertz CT molecular complexity index is 810. The van der Waals surface area contributed by atoms with Gasteiger partial charge in [0.15, 0.2) is 18.9 Å². The number of primary amides is 1. The maximum absolute atomic E-state index is 11.9. The number of hydrogen-bond donors (Lipinski definition) is 2. The molecule has 10 heteroatoms. The van der Waals surface area contributed by atoms with Gasteiger partial charge in [-0.05, 0) is 23.3 Å². The molecule has 1 aromatic rings. The number of nitrogens with two attached hydrogens (primary N) is 2. The minimum atomic E-state index is -0.663. The average molecular weight is 416 g/mol. The fourth-order valence-electron chi connectivity index (χ4n) is 2.71. The third-order valence-electron chi connectivity index (χ3n) is 4.04. The molecule has 0 spiro atoms. The third kappa shape index (κ3) is 3.78. The second-order valence-electron chi connectivity index (χ2n) is 5.63. The quantitative estimate of drug-likeness (QED) is 0.408. The van der Waals surface area contributed by atoms with Gasteiger partial charge in [-0.3, -0.25) is 19.3 Å². The number of carbonyl (C=O) groups excluding carboxylic acids is 3. The van der Waals surface area contributed by atoms with Crippen LogP contribution in [0, 0.1) is 0 Å². The van der Waals surface area contributed by atoms with Crippen molar-refractivity contribution < 1.29 is 19.0 Å². The van der Waals surface area contributed by atoms with Crippen molar-refractivity contribution in [2.24, 2.45) is 11.5 Å². The van der Waals surface area contributed by atoms with Crippen molar-refractivity contribution in [1.29, 1.82) is 0 Å². The summed E-state index contributed by atoms with van der Waals surface area (Å²) in [5.74, 6) is -0.217. The minimum Gasteiger partial charge on any atom is -0.366 e. The highest BCUT2D eigenvalue weighted by Crippen LogP contribution is 2.40. The van der Waals surface area contributed by atoms with E-state index in [9.17, 15) is 14.4 Å². The molecular formula is C16H17Cl2N4O3S+. The molecule has 2 atom stereocenters. The van der Waals surface area contributed by atoms with Crippen molar-refractivity contribution in [2.75, 3.05) is 5.75 Å². The van der Waals surface area contributed by atoms with E-state index in [2.05, 4.69) is 0 Å². The van der Waals surface area contributed by atoms with Crippen LogP contribution in [0.15, 0.2) is 47.9 Å². The van der Waals surface area contributed by atoms with E-state index in [-0.39, 0.29) is 29.4 Å². The molecule has 2 amide bonds. The molecule has 26 heavy (non-hydrogen) atoms. The lowest BCUT2D eigenvalue weighted by atomic mass is 10.0. The first-order valence-corrected chi connectivity index (χ1v) is 8.91. The van der Waals surface area contributed by atoms with Crippen molar-refractivity contribution in [3.63, 3.8) is 0 Å². The van der Waals surface area contributed by atoms with E-state index in [0.717, 1.165) is 0 Å². The molecule has 2 aliphatic rings. The van der Waals surface area contributed by atoms with Gasteiger partial charge < -0.3 is 11.5 Å². The number of hydrogen-bond acceptors (Lipinski definition) is 5. The predicted octanol–water partition coefficient (Wildman–Crippen LogP) is 0.313. The predicted molar refractivity (Wildman–Crippen MR) is 100 cm³/mol. The normalized spacial score (nSPS) is 21.9. The minimum absolute atomic E-state index is 0. The van der Waals surface area contributed by atoms with Gasteiger partial charge in [-0.1, -0.05) is 6.08 Å². The van der Waals surface area contributed by atoms with Gasteiger partial charge in [-0.2, -0.15) is 0 Å². The number of allylic oxidation sites excluding steroid dienone is 3. The largest absolute Gasteiger partial charge is 0.366 e. The monoisotopic (exact) mass is 415 g/mol. The van der Waals surface area contributed by atoms with Crippen LogP contribution in [0.3, 0.4) is 0 Å². The molecule has 1 saturated heterocycles. The van der Waals surface area contributed by atoms with E-state index in [4.69, 9.17) is 23.1 Å². The number of thioether (sulfide) groups is 1. The second-order valence-corrected chi connectivity index (χ2v) is 7.08. The lowest BCUT2D eigenvalue weighted by molar-refractivity contribution is -0.687. The number of β-lactam (4-membered cyclic amide) rings is 1. The first kappa shape index (κ1) is 20.4. The molecule has 4 N–H and O–H groups in total. The Morgan fingerprint density at radius 1 is 1.38 bits per heavy atom. The van der Waals surface area contributed by atoms with Crippen molar-refractivity contribution in [3.8, 4) is 0 Å². The SMILES string of the molecule is Cl.NC(=O)c1cc[n+](C/C=C/C2=C(C(=O)Cl)N3C(=O)[C@@H](N)[C@H]3SC2)cc1. The highest BCUT2D eigenvalue weighted by atomic mass is 35.5. The number of nitrogens with zero attached hydrogens (tertiary/aromatic N) is 2. The Morgan fingerprint density at radius 3 is 2.62 bits per heavy atom. The maximum Gasteiger partial charge on any atom is 0.269 e. The first-order chi connectivity index (χ1) is 11.9. The molecule has 0 aliphatic carbocycles. The molecule has 1 fully saturated rings. The van der Waals surface area contributed by atoms with E-state index in [1.54, 1.807) is 30.6 Å². The highest BCUT2D eigenvalue weighted by molar-refractivity contribution is 8.00. The smallest absolute Gasteiger partial charge is 0.269 e. The number of rotatable bonds is 5. The molecule has 0 radical (unpaired) electrons. The Labute approximate surface area is 165 Å². The van der Waals surface area contributed by atoms with E-state index in [1.165, 1.54) is 16.7 Å². The molecule has 1 aromatic heterocycles. The number of amides is 2. The van der Waals surface area contributed by atoms with Gasteiger partial charge in [0, 0.05) is 17.9 Å². The number of aromatic nitrogens is 1. The zero-order valence-electron chi connectivity index (χ0n) is 13.5. The van der Waals surface area contributed by atoms with Gasteiger partial charge in [0.1, 0.15) is 17.1 Å². The van der Waals surface area contributed by atoms with Crippen LogP contribution in [0.4, 0.5) is 0 Å². The molecule has 0 saturated carbocycles. The van der Waals surface area contributed by atoms with Crippen LogP contribution in [0.1, 0.15) is 10.4 Å². The summed E-state index contributed by atoms with van der Waals surface area (Å²) in [4.78, 5) is 36.1. The summed E-state index contributed by atoms with van der Waals surface area (Å²) in [6, 6.07) is 2.68. The van der Waals surface area contributed by atoms with Crippen LogP contribution in [0.25, 0.3) is 0 Å². The van der Waals surface area contributed by atoms with Crippen molar-refractivity contribution in [3.05, 3.63) is 53.5 Å². The summed E-state index contributed by atoms with van der Waals surface area (Å²) in [6.07, 6.45) is 7.10. The van der Waals surface area contributed by atoms with Crippen LogP contribution in [0.2, 0.25) is 0 Å². The molecule has 0 bridgehead atoms. The van der Waals surface area contributed by atoms with Crippen molar-refractivity contribution in [2.45, 2.75) is 18.0 Å². The fraction of sp³-hybridized carbons (Fsp3) is 0.250. The molecule has 138 valence electrons. The molecule has 7 nitrogen and oxygen atoms in total. The van der Waals surface area contributed by atoms with E-state index in [1.807, 2.05) is 10.6 Å². The third-order valence-corrected chi connectivity index (χ3v) is 5.54. The van der Waals surface area contributed by atoms with Crippen LogP contribution in [-0.2, 0) is 16.1 Å². The summed E-state index contributed by atoms with van der Waals surface area (Å²) >= 11 is 7.19. The first-order valence-electron chi connectivity index (χ1n) is 7.49. The van der Waals surface area contributed by atoms with Gasteiger partial charge in [0.25, 0.3) is 5.24 Å². The molecule has 3 rings (SSSR count). The lowest BCUT2D eigenvalue weighted by Gasteiger charge is -2.48. The molecular weight excluding hydrogens is 399 g/mol. The number of pyridine rings is 1. The van der Waals surface area contributed by atoms with Gasteiger partial charge in [-0.25, -0.2) is 4.57 Å². The topological polar surface area (TPSA) is 110 Å². The molecule has 2 aliphatic heterocycles.